The van der Waals surface area contributed by atoms with Gasteiger partial charge in [-0.15, -0.1) is 0 Å². The average molecular weight is 652 g/mol. The number of rotatable bonds is 0. The van der Waals surface area contributed by atoms with Gasteiger partial charge in [0.05, 0.1) is 0 Å². The minimum absolute atomic E-state index is 0. The maximum atomic E-state index is 8.56. The van der Waals surface area contributed by atoms with Crippen molar-refractivity contribution in [2.24, 2.45) is 0 Å². The van der Waals surface area contributed by atoms with E-state index in [0.29, 0.717) is 0 Å². The van der Waals surface area contributed by atoms with Crippen LogP contribution in [-0.4, -0.2) is 683 Å². The topological polar surface area (TPSA) is 115 Å². The van der Waals surface area contributed by atoms with Crippen LogP contribution in [0.25, 0.3) is 0 Å². The van der Waals surface area contributed by atoms with Gasteiger partial charge in [0, 0.05) is 0 Å². The Morgan fingerprint density at radius 1 is 0.233 bits per heavy atom. The molecule has 0 aliphatic carbocycles. The fourth-order valence-corrected chi connectivity index (χ4v) is 0. The molecule has 30 heavy (non-hydrogen) atoms. The summed E-state index contributed by atoms with van der Waals surface area (Å²) in [6, 6.07) is 0. The van der Waals surface area contributed by atoms with Gasteiger partial charge in [0.25, 0.3) is 0 Å². The van der Waals surface area contributed by atoms with E-state index in [-0.39, 0.29) is 650 Å². The molecule has 4 N–H and O–H groups in total. The van der Waals surface area contributed by atoms with Gasteiger partial charge < -0.3 is 20.4 Å². The van der Waals surface area contributed by atoms with E-state index in [1.807, 2.05) is 0 Å². The van der Waals surface area contributed by atoms with Crippen LogP contribution in [0, 0.1) is 0 Å². The van der Waals surface area contributed by atoms with Gasteiger partial charge in [-0.05, 0) is 0 Å². The van der Waals surface area contributed by atoms with E-state index < -0.39 is 12.3 Å². The van der Waals surface area contributed by atoms with Gasteiger partial charge in [0.1, 0.15) is 0 Å². The van der Waals surface area contributed by atoms with Gasteiger partial charge in [-0.1, -0.05) is 0 Å². The van der Waals surface area contributed by atoms with Gasteiger partial charge in [0.2, 0.25) is 0 Å². The molecule has 0 bridgehead atoms. The Hall–Kier alpha value is 20.5. The molecule has 0 radical (unpaired) electrons. The standard InChI is InChI=1S/2CH2O3.22Na.22H/c2*2-1(3)4;;;;;;;;;;;;;;;;;;;;;;;;;;;;;;;;;;;;;;;;;;;;/h2*(H2,2,3,4);;;;;;;;;;;;;;;;;;;;;;;;;;;;;;;;;;;;;;;;;;;;. The zero-order valence-electron chi connectivity index (χ0n) is 3.61. The fourth-order valence-electron chi connectivity index (χ4n) is 0. The molecule has 0 aromatic rings. The second kappa shape index (κ2) is 166. The minimum atomic E-state index is -1.83. The predicted octanol–water partition coefficient (Wildman–Crippen LogP) is -13.8. The van der Waals surface area contributed by atoms with Crippen LogP contribution >= 0.6 is 0 Å². The molecular formula is C2H26Na22O6. The third-order valence-electron chi connectivity index (χ3n) is 0. The van der Waals surface area contributed by atoms with Crippen molar-refractivity contribution in [2.45, 2.75) is 0 Å². The van der Waals surface area contributed by atoms with Crippen LogP contribution in [0.4, 0.5) is 9.59 Å². The summed E-state index contributed by atoms with van der Waals surface area (Å²) in [6.07, 6.45) is -3.67. The van der Waals surface area contributed by atoms with Crippen LogP contribution in [0.15, 0.2) is 0 Å². The molecule has 0 rings (SSSR count). The SMILES string of the molecule is O=C(O)O.O=C(O)O.[NaH].[NaH].[NaH].[NaH].[NaH].[NaH].[NaH].[NaH].[NaH].[NaH].[NaH].[NaH].[NaH].[NaH].[NaH].[NaH].[NaH].[NaH].[NaH].[NaH].[NaH].[NaH]. The van der Waals surface area contributed by atoms with Gasteiger partial charge in [-0.2, -0.15) is 0 Å². The van der Waals surface area contributed by atoms with Crippen molar-refractivity contribution in [1.29, 1.82) is 0 Å². The first-order valence-corrected chi connectivity index (χ1v) is 1.30. The summed E-state index contributed by atoms with van der Waals surface area (Å²) in [4.78, 5) is 17.1. The third kappa shape index (κ3) is 260. The third-order valence-corrected chi connectivity index (χ3v) is 0. The van der Waals surface area contributed by atoms with E-state index in [2.05, 4.69) is 0 Å². The molecular weight excluding hydrogens is 626 g/mol. The molecule has 0 atom stereocenters. The number of carboxylic acid groups (broad SMARTS) is 4. The van der Waals surface area contributed by atoms with Crippen molar-refractivity contribution in [1.82, 2.24) is 0 Å². The molecule has 0 saturated carbocycles. The van der Waals surface area contributed by atoms with E-state index in [0.717, 1.165) is 0 Å². The second-order valence-electron chi connectivity index (χ2n) is 0.565. The maximum absolute atomic E-state index is 8.56. The normalized spacial score (nSPS) is 1.60. The van der Waals surface area contributed by atoms with Crippen molar-refractivity contribution in [3.8, 4) is 0 Å². The molecule has 0 heterocycles. The molecule has 0 unspecified atom stereocenters. The number of hydrogen-bond acceptors (Lipinski definition) is 2. The molecule has 0 aliphatic heterocycles. The summed E-state index contributed by atoms with van der Waals surface area (Å²) >= 11 is 0. The van der Waals surface area contributed by atoms with Crippen LogP contribution in [0.1, 0.15) is 0 Å². The van der Waals surface area contributed by atoms with Crippen LogP contribution in [0.2, 0.25) is 0 Å². The monoisotopic (exact) mass is 652 g/mol. The van der Waals surface area contributed by atoms with Crippen LogP contribution in [0.5, 0.6) is 0 Å². The Morgan fingerprint density at radius 3 is 0.233 bits per heavy atom. The van der Waals surface area contributed by atoms with Crippen LogP contribution < -0.4 is 0 Å². The Morgan fingerprint density at radius 2 is 0.233 bits per heavy atom. The van der Waals surface area contributed by atoms with Crippen molar-refractivity contribution >= 4 is 663 Å². The van der Waals surface area contributed by atoms with Crippen molar-refractivity contribution in [2.75, 3.05) is 0 Å². The van der Waals surface area contributed by atoms with E-state index in [9.17, 15) is 0 Å². The molecule has 0 fully saturated rings. The molecule has 0 spiro atoms. The zero-order chi connectivity index (χ0) is 7.15. The summed E-state index contributed by atoms with van der Waals surface area (Å²) < 4.78 is 0. The molecule has 0 aromatic heterocycles. The summed E-state index contributed by atoms with van der Waals surface area (Å²) in [5.74, 6) is 0. The zero-order valence-corrected chi connectivity index (χ0v) is 3.61. The van der Waals surface area contributed by atoms with E-state index in [4.69, 9.17) is 30.0 Å². The van der Waals surface area contributed by atoms with Gasteiger partial charge in [-0.25, -0.2) is 9.59 Å². The molecule has 0 saturated heterocycles. The quantitative estimate of drug-likeness (QED) is 0.194. The Balaban J connectivity index is -0.000000000629. The number of hydrogen-bond donors (Lipinski definition) is 4. The van der Waals surface area contributed by atoms with E-state index in [1.165, 1.54) is 0 Å². The summed E-state index contributed by atoms with van der Waals surface area (Å²) in [5, 5.41) is 27.9. The first kappa shape index (κ1) is 176. The van der Waals surface area contributed by atoms with Crippen molar-refractivity contribution < 1.29 is 30.0 Å². The Kier molecular flexibility index (Phi) is 973. The fraction of sp³-hybridized carbons (Fsp3) is 0. The Labute approximate surface area is 669 Å². The molecule has 0 aromatic carbocycles. The molecule has 6 nitrogen and oxygen atoms in total. The van der Waals surface area contributed by atoms with Crippen LogP contribution in [0.3, 0.4) is 0 Å². The second-order valence-corrected chi connectivity index (χ2v) is 0.565. The Bertz CT molecular complexity index is 89.6. The molecule has 28 heteroatoms. The predicted molar refractivity (Wildman–Crippen MR) is 179 cm³/mol. The first-order chi connectivity index (χ1) is 3.46. The van der Waals surface area contributed by atoms with Gasteiger partial charge in [-0.3, -0.25) is 0 Å². The number of carbonyl (C=O) groups is 2. The average Bonchev–Trinajstić information content (AvgIpc) is 1.25. The summed E-state index contributed by atoms with van der Waals surface area (Å²) in [6.45, 7) is 0. The van der Waals surface area contributed by atoms with E-state index >= 15 is 0 Å². The van der Waals surface area contributed by atoms with E-state index in [1.54, 1.807) is 0 Å². The summed E-state index contributed by atoms with van der Waals surface area (Å²) in [7, 11) is 0. The molecule has 0 amide bonds. The van der Waals surface area contributed by atoms with Crippen molar-refractivity contribution in [3.63, 3.8) is 0 Å². The molecule has 92 valence electrons. The molecule has 0 aliphatic rings. The first-order valence-electron chi connectivity index (χ1n) is 1.30. The van der Waals surface area contributed by atoms with Gasteiger partial charge in [0.15, 0.2) is 0 Å². The van der Waals surface area contributed by atoms with Crippen LogP contribution in [-0.2, 0) is 0 Å². The van der Waals surface area contributed by atoms with Crippen molar-refractivity contribution in [3.05, 3.63) is 0 Å². The van der Waals surface area contributed by atoms with Gasteiger partial charge >= 0.3 is 663 Å². The summed E-state index contributed by atoms with van der Waals surface area (Å²) in [5.41, 5.74) is 0.